The molecular formula is C12H14N4O2S. The highest BCUT2D eigenvalue weighted by Crippen LogP contribution is 2.24. The zero-order valence-corrected chi connectivity index (χ0v) is 11.5. The van der Waals surface area contributed by atoms with Gasteiger partial charge in [0.15, 0.2) is 0 Å². The van der Waals surface area contributed by atoms with Crippen molar-refractivity contribution in [2.75, 3.05) is 7.11 Å². The molecule has 0 radical (unpaired) electrons. The van der Waals surface area contributed by atoms with Gasteiger partial charge in [-0.3, -0.25) is 4.79 Å². The fourth-order valence-electron chi connectivity index (χ4n) is 1.52. The van der Waals surface area contributed by atoms with Crippen molar-refractivity contribution in [2.24, 2.45) is 0 Å². The summed E-state index contributed by atoms with van der Waals surface area (Å²) in [6, 6.07) is 9.62. The molecule has 0 saturated carbocycles. The SMILES string of the molecule is COC(=O)CC(C)Sc1nnnn1-c1ccccc1. The molecule has 100 valence electrons. The lowest BCUT2D eigenvalue weighted by Gasteiger charge is -2.09. The van der Waals surface area contributed by atoms with Crippen LogP contribution < -0.4 is 0 Å². The molecule has 0 aliphatic heterocycles. The van der Waals surface area contributed by atoms with E-state index in [9.17, 15) is 4.79 Å². The van der Waals surface area contributed by atoms with E-state index in [1.165, 1.54) is 18.9 Å². The van der Waals surface area contributed by atoms with Gasteiger partial charge < -0.3 is 4.74 Å². The van der Waals surface area contributed by atoms with Gasteiger partial charge in [0.2, 0.25) is 5.16 Å². The summed E-state index contributed by atoms with van der Waals surface area (Å²) < 4.78 is 6.30. The molecule has 1 unspecified atom stereocenters. The second kappa shape index (κ2) is 6.33. The van der Waals surface area contributed by atoms with Crippen LogP contribution in [-0.4, -0.2) is 38.5 Å². The molecule has 6 nitrogen and oxygen atoms in total. The summed E-state index contributed by atoms with van der Waals surface area (Å²) in [5.41, 5.74) is 0.889. The van der Waals surface area contributed by atoms with Crippen molar-refractivity contribution in [3.63, 3.8) is 0 Å². The van der Waals surface area contributed by atoms with Crippen LogP contribution >= 0.6 is 11.8 Å². The summed E-state index contributed by atoms with van der Waals surface area (Å²) >= 11 is 1.44. The number of thioether (sulfide) groups is 1. The van der Waals surface area contributed by atoms with Crippen molar-refractivity contribution in [1.82, 2.24) is 20.2 Å². The third kappa shape index (κ3) is 3.54. The molecule has 1 aromatic heterocycles. The lowest BCUT2D eigenvalue weighted by atomic mass is 10.3. The van der Waals surface area contributed by atoms with E-state index in [1.54, 1.807) is 4.68 Å². The summed E-state index contributed by atoms with van der Waals surface area (Å²) in [5.74, 6) is -0.237. The van der Waals surface area contributed by atoms with Crippen LogP contribution in [-0.2, 0) is 9.53 Å². The van der Waals surface area contributed by atoms with E-state index < -0.39 is 0 Å². The summed E-state index contributed by atoms with van der Waals surface area (Å²) in [4.78, 5) is 11.2. The minimum absolute atomic E-state index is 0.0425. The molecule has 1 atom stereocenters. The van der Waals surface area contributed by atoms with Crippen LogP contribution in [0.15, 0.2) is 35.5 Å². The van der Waals surface area contributed by atoms with Crippen LogP contribution in [0.4, 0.5) is 0 Å². The molecular weight excluding hydrogens is 264 g/mol. The first-order valence-electron chi connectivity index (χ1n) is 5.78. The average molecular weight is 278 g/mol. The summed E-state index contributed by atoms with van der Waals surface area (Å²) in [7, 11) is 1.38. The van der Waals surface area contributed by atoms with Gasteiger partial charge in [-0.2, -0.15) is 4.68 Å². The van der Waals surface area contributed by atoms with Crippen LogP contribution in [0.2, 0.25) is 0 Å². The Kier molecular flexibility index (Phi) is 4.51. The first-order chi connectivity index (χ1) is 9.20. The number of rotatable bonds is 5. The molecule has 0 saturated heterocycles. The molecule has 0 aliphatic rings. The van der Waals surface area contributed by atoms with Crippen LogP contribution in [0.1, 0.15) is 13.3 Å². The first kappa shape index (κ1) is 13.5. The molecule has 0 spiro atoms. The Morgan fingerprint density at radius 3 is 2.84 bits per heavy atom. The fraction of sp³-hybridized carbons (Fsp3) is 0.333. The minimum Gasteiger partial charge on any atom is -0.469 e. The number of methoxy groups -OCH3 is 1. The number of hydrogen-bond donors (Lipinski definition) is 0. The number of ether oxygens (including phenoxy) is 1. The number of carbonyl (C=O) groups excluding carboxylic acids is 1. The smallest absolute Gasteiger partial charge is 0.306 e. The van der Waals surface area contributed by atoms with E-state index in [4.69, 9.17) is 0 Å². The van der Waals surface area contributed by atoms with E-state index in [0.717, 1.165) is 5.69 Å². The maximum Gasteiger partial charge on any atom is 0.306 e. The zero-order chi connectivity index (χ0) is 13.7. The number of aromatic nitrogens is 4. The molecule has 0 amide bonds. The van der Waals surface area contributed by atoms with Gasteiger partial charge in [0.25, 0.3) is 0 Å². The van der Waals surface area contributed by atoms with Gasteiger partial charge in [-0.1, -0.05) is 36.9 Å². The number of carbonyl (C=O) groups is 1. The van der Waals surface area contributed by atoms with Crippen molar-refractivity contribution in [3.8, 4) is 5.69 Å². The van der Waals surface area contributed by atoms with Gasteiger partial charge in [-0.25, -0.2) is 0 Å². The minimum atomic E-state index is -0.237. The standard InChI is InChI=1S/C12H14N4O2S/c1-9(8-11(17)18-2)19-12-13-14-15-16(12)10-6-4-3-5-7-10/h3-7,9H,8H2,1-2H3. The number of tetrazole rings is 1. The van der Waals surface area contributed by atoms with Crippen molar-refractivity contribution in [3.05, 3.63) is 30.3 Å². The molecule has 0 bridgehead atoms. The lowest BCUT2D eigenvalue weighted by molar-refractivity contribution is -0.140. The van der Waals surface area contributed by atoms with Gasteiger partial charge in [-0.15, -0.1) is 5.10 Å². The Balaban J connectivity index is 2.10. The third-order valence-electron chi connectivity index (χ3n) is 2.43. The second-order valence-corrected chi connectivity index (χ2v) is 5.32. The van der Waals surface area contributed by atoms with E-state index in [-0.39, 0.29) is 11.2 Å². The Morgan fingerprint density at radius 1 is 1.42 bits per heavy atom. The van der Waals surface area contributed by atoms with Crippen LogP contribution in [0.25, 0.3) is 5.69 Å². The van der Waals surface area contributed by atoms with Gasteiger partial charge >= 0.3 is 5.97 Å². The number of nitrogens with zero attached hydrogens (tertiary/aromatic N) is 4. The molecule has 0 fully saturated rings. The van der Waals surface area contributed by atoms with E-state index in [0.29, 0.717) is 11.6 Å². The highest BCUT2D eigenvalue weighted by Gasteiger charge is 2.16. The second-order valence-electron chi connectivity index (χ2n) is 3.92. The topological polar surface area (TPSA) is 69.9 Å². The number of esters is 1. The largest absolute Gasteiger partial charge is 0.469 e. The van der Waals surface area contributed by atoms with Gasteiger partial charge in [0, 0.05) is 5.25 Å². The highest BCUT2D eigenvalue weighted by molar-refractivity contribution is 7.99. The van der Waals surface area contributed by atoms with Gasteiger partial charge in [0.1, 0.15) is 0 Å². The van der Waals surface area contributed by atoms with Crippen molar-refractivity contribution >= 4 is 17.7 Å². The van der Waals surface area contributed by atoms with E-state index >= 15 is 0 Å². The molecule has 1 heterocycles. The quantitative estimate of drug-likeness (QED) is 0.612. The normalized spacial score (nSPS) is 12.1. The first-order valence-corrected chi connectivity index (χ1v) is 6.66. The summed E-state index contributed by atoms with van der Waals surface area (Å²) in [5, 5.41) is 12.3. The number of para-hydroxylation sites is 1. The monoisotopic (exact) mass is 278 g/mol. The predicted octanol–water partition coefficient (Wildman–Crippen LogP) is 1.71. The maximum atomic E-state index is 11.2. The molecule has 0 aliphatic carbocycles. The van der Waals surface area contributed by atoms with Gasteiger partial charge in [-0.05, 0) is 22.6 Å². The Morgan fingerprint density at radius 2 is 2.16 bits per heavy atom. The maximum absolute atomic E-state index is 11.2. The molecule has 0 N–H and O–H groups in total. The Labute approximate surface area is 115 Å². The Hall–Kier alpha value is -1.89. The summed E-state index contributed by atoms with van der Waals surface area (Å²) in [6.45, 7) is 1.94. The lowest BCUT2D eigenvalue weighted by Crippen LogP contribution is -2.10. The molecule has 19 heavy (non-hydrogen) atoms. The van der Waals surface area contributed by atoms with Crippen molar-refractivity contribution in [2.45, 2.75) is 23.8 Å². The van der Waals surface area contributed by atoms with Gasteiger partial charge in [0.05, 0.1) is 19.2 Å². The Bertz CT molecular complexity index is 544. The number of benzene rings is 1. The molecule has 2 rings (SSSR count). The van der Waals surface area contributed by atoms with Crippen LogP contribution in [0.5, 0.6) is 0 Å². The average Bonchev–Trinajstić information content (AvgIpc) is 2.87. The summed E-state index contributed by atoms with van der Waals surface area (Å²) in [6.07, 6.45) is 0.322. The highest BCUT2D eigenvalue weighted by atomic mass is 32.2. The molecule has 1 aromatic carbocycles. The van der Waals surface area contributed by atoms with Crippen LogP contribution in [0, 0.1) is 0 Å². The predicted molar refractivity (Wildman–Crippen MR) is 71.1 cm³/mol. The van der Waals surface area contributed by atoms with E-state index in [2.05, 4.69) is 20.3 Å². The van der Waals surface area contributed by atoms with E-state index in [1.807, 2.05) is 37.3 Å². The van der Waals surface area contributed by atoms with Crippen molar-refractivity contribution < 1.29 is 9.53 Å². The number of hydrogen-bond acceptors (Lipinski definition) is 6. The third-order valence-corrected chi connectivity index (χ3v) is 3.46. The zero-order valence-electron chi connectivity index (χ0n) is 10.7. The molecule has 7 heteroatoms. The van der Waals surface area contributed by atoms with Crippen molar-refractivity contribution in [1.29, 1.82) is 0 Å². The molecule has 2 aromatic rings. The fourth-order valence-corrected chi connectivity index (χ4v) is 2.43. The van der Waals surface area contributed by atoms with Crippen LogP contribution in [0.3, 0.4) is 0 Å².